The number of carbonyl (C=O) groups is 1. The zero-order valence-electron chi connectivity index (χ0n) is 7.94. The molecule has 3 heteroatoms. The van der Waals surface area contributed by atoms with Gasteiger partial charge in [-0.15, -0.1) is 0 Å². The summed E-state index contributed by atoms with van der Waals surface area (Å²) in [5.41, 5.74) is 1.01. The van der Waals surface area contributed by atoms with Gasteiger partial charge >= 0.3 is 0 Å². The number of ketones is 1. The molecule has 2 nitrogen and oxygen atoms in total. The van der Waals surface area contributed by atoms with E-state index in [9.17, 15) is 4.79 Å². The van der Waals surface area contributed by atoms with Gasteiger partial charge in [-0.05, 0) is 52.4 Å². The van der Waals surface area contributed by atoms with Crippen molar-refractivity contribution in [1.82, 2.24) is 0 Å². The fourth-order valence-electron chi connectivity index (χ4n) is 1.31. The standard InChI is InChI=1S/C12H9IO2/c13-10-5-3-9(4-6-10)8-11(14)12-2-1-7-15-12/h1-7H,8H2. The molecule has 0 aliphatic carbocycles. The van der Waals surface area contributed by atoms with Gasteiger partial charge < -0.3 is 4.42 Å². The van der Waals surface area contributed by atoms with Gasteiger partial charge in [-0.2, -0.15) is 0 Å². The zero-order valence-corrected chi connectivity index (χ0v) is 10.1. The van der Waals surface area contributed by atoms with Crippen molar-refractivity contribution in [2.45, 2.75) is 6.42 Å². The highest BCUT2D eigenvalue weighted by molar-refractivity contribution is 14.1. The molecular weight excluding hydrogens is 303 g/mol. The summed E-state index contributed by atoms with van der Waals surface area (Å²) >= 11 is 2.24. The van der Waals surface area contributed by atoms with Crippen molar-refractivity contribution in [3.8, 4) is 0 Å². The smallest absolute Gasteiger partial charge is 0.202 e. The lowest BCUT2D eigenvalue weighted by molar-refractivity contribution is 0.0966. The molecule has 0 spiro atoms. The maximum absolute atomic E-state index is 11.7. The van der Waals surface area contributed by atoms with Gasteiger partial charge in [0, 0.05) is 9.99 Å². The summed E-state index contributed by atoms with van der Waals surface area (Å²) in [5, 5.41) is 0. The Kier molecular flexibility index (Phi) is 3.20. The number of benzene rings is 1. The molecule has 15 heavy (non-hydrogen) atoms. The third-order valence-corrected chi connectivity index (χ3v) is 2.79. The highest BCUT2D eigenvalue weighted by Crippen LogP contribution is 2.10. The van der Waals surface area contributed by atoms with Crippen LogP contribution in [-0.4, -0.2) is 5.78 Å². The maximum atomic E-state index is 11.7. The molecule has 0 atom stereocenters. The topological polar surface area (TPSA) is 30.2 Å². The second-order valence-corrected chi connectivity index (χ2v) is 4.45. The largest absolute Gasteiger partial charge is 0.461 e. The molecule has 1 heterocycles. The van der Waals surface area contributed by atoms with E-state index in [-0.39, 0.29) is 5.78 Å². The van der Waals surface area contributed by atoms with Gasteiger partial charge in [0.25, 0.3) is 0 Å². The summed E-state index contributed by atoms with van der Waals surface area (Å²) in [7, 11) is 0. The van der Waals surface area contributed by atoms with Crippen LogP contribution >= 0.6 is 22.6 Å². The predicted octanol–water partition coefficient (Wildman–Crippen LogP) is 3.31. The quantitative estimate of drug-likeness (QED) is 0.643. The van der Waals surface area contributed by atoms with Gasteiger partial charge in [-0.25, -0.2) is 0 Å². The minimum atomic E-state index is 0.0150. The summed E-state index contributed by atoms with van der Waals surface area (Å²) in [5.74, 6) is 0.440. The Morgan fingerprint density at radius 3 is 2.53 bits per heavy atom. The van der Waals surface area contributed by atoms with Crippen LogP contribution in [0.5, 0.6) is 0 Å². The first kappa shape index (κ1) is 10.4. The number of hydrogen-bond acceptors (Lipinski definition) is 2. The van der Waals surface area contributed by atoms with Crippen LogP contribution in [0.4, 0.5) is 0 Å². The van der Waals surface area contributed by atoms with Crippen LogP contribution < -0.4 is 0 Å². The highest BCUT2D eigenvalue weighted by Gasteiger charge is 2.08. The molecule has 76 valence electrons. The van der Waals surface area contributed by atoms with Gasteiger partial charge in [0.2, 0.25) is 5.78 Å². The molecule has 2 rings (SSSR count). The molecule has 0 saturated heterocycles. The molecule has 0 amide bonds. The van der Waals surface area contributed by atoms with Crippen LogP contribution in [0.25, 0.3) is 0 Å². The molecule has 0 N–H and O–H groups in total. The average Bonchev–Trinajstić information content (AvgIpc) is 2.74. The molecule has 0 bridgehead atoms. The normalized spacial score (nSPS) is 10.2. The molecule has 0 fully saturated rings. The summed E-state index contributed by atoms with van der Waals surface area (Å²) in [6.07, 6.45) is 1.91. The van der Waals surface area contributed by atoms with E-state index >= 15 is 0 Å². The highest BCUT2D eigenvalue weighted by atomic mass is 127. The van der Waals surface area contributed by atoms with E-state index in [1.807, 2.05) is 24.3 Å². The molecule has 2 aromatic rings. The third-order valence-electron chi connectivity index (χ3n) is 2.07. The van der Waals surface area contributed by atoms with E-state index in [4.69, 9.17) is 4.42 Å². The molecular formula is C12H9IO2. The molecule has 0 aliphatic heterocycles. The van der Waals surface area contributed by atoms with E-state index in [1.54, 1.807) is 12.1 Å². The van der Waals surface area contributed by atoms with E-state index < -0.39 is 0 Å². The Morgan fingerprint density at radius 2 is 1.93 bits per heavy atom. The fourth-order valence-corrected chi connectivity index (χ4v) is 1.67. The Morgan fingerprint density at radius 1 is 1.20 bits per heavy atom. The number of halogens is 1. The van der Waals surface area contributed by atoms with Crippen LogP contribution in [0.15, 0.2) is 47.1 Å². The second-order valence-electron chi connectivity index (χ2n) is 3.20. The Hall–Kier alpha value is -1.10. The lowest BCUT2D eigenvalue weighted by Crippen LogP contribution is -2.01. The Bertz CT molecular complexity index is 443. The van der Waals surface area contributed by atoms with E-state index in [0.29, 0.717) is 12.2 Å². The van der Waals surface area contributed by atoms with Crippen LogP contribution in [-0.2, 0) is 6.42 Å². The Labute approximate surface area is 101 Å². The van der Waals surface area contributed by atoms with Crippen molar-refractivity contribution >= 4 is 28.4 Å². The summed E-state index contributed by atoms with van der Waals surface area (Å²) < 4.78 is 6.21. The molecule has 0 aliphatic rings. The van der Waals surface area contributed by atoms with E-state index in [2.05, 4.69) is 22.6 Å². The number of hydrogen-bond donors (Lipinski definition) is 0. The maximum Gasteiger partial charge on any atom is 0.202 e. The lowest BCUT2D eigenvalue weighted by Gasteiger charge is -1.98. The second kappa shape index (κ2) is 4.61. The van der Waals surface area contributed by atoms with Gasteiger partial charge in [0.1, 0.15) is 0 Å². The monoisotopic (exact) mass is 312 g/mol. The van der Waals surface area contributed by atoms with E-state index in [0.717, 1.165) is 5.56 Å². The lowest BCUT2D eigenvalue weighted by atomic mass is 10.1. The third kappa shape index (κ3) is 2.68. The fraction of sp³-hybridized carbons (Fsp3) is 0.0833. The predicted molar refractivity (Wildman–Crippen MR) is 65.9 cm³/mol. The van der Waals surface area contributed by atoms with Crippen molar-refractivity contribution in [3.63, 3.8) is 0 Å². The van der Waals surface area contributed by atoms with Gasteiger partial charge in [0.05, 0.1) is 6.26 Å². The van der Waals surface area contributed by atoms with Crippen LogP contribution in [0.3, 0.4) is 0 Å². The first-order valence-electron chi connectivity index (χ1n) is 4.57. The number of rotatable bonds is 3. The zero-order chi connectivity index (χ0) is 10.7. The summed E-state index contributed by atoms with van der Waals surface area (Å²) in [6, 6.07) is 11.3. The van der Waals surface area contributed by atoms with Crippen molar-refractivity contribution in [2.24, 2.45) is 0 Å². The van der Waals surface area contributed by atoms with Crippen molar-refractivity contribution in [3.05, 3.63) is 57.6 Å². The SMILES string of the molecule is O=C(Cc1ccc(I)cc1)c1ccco1. The van der Waals surface area contributed by atoms with Gasteiger partial charge in [0.15, 0.2) is 5.76 Å². The minimum absolute atomic E-state index is 0.0150. The molecule has 0 radical (unpaired) electrons. The average molecular weight is 312 g/mol. The minimum Gasteiger partial charge on any atom is -0.461 e. The molecule has 0 saturated carbocycles. The first-order chi connectivity index (χ1) is 7.25. The van der Waals surface area contributed by atoms with Gasteiger partial charge in [-0.3, -0.25) is 4.79 Å². The number of carbonyl (C=O) groups excluding carboxylic acids is 1. The van der Waals surface area contributed by atoms with Crippen molar-refractivity contribution in [2.75, 3.05) is 0 Å². The number of furan rings is 1. The molecule has 1 aromatic carbocycles. The van der Waals surface area contributed by atoms with Crippen molar-refractivity contribution < 1.29 is 9.21 Å². The van der Waals surface area contributed by atoms with Crippen LogP contribution in [0, 0.1) is 3.57 Å². The van der Waals surface area contributed by atoms with E-state index in [1.165, 1.54) is 9.83 Å². The summed E-state index contributed by atoms with van der Waals surface area (Å²) in [6.45, 7) is 0. The number of Topliss-reactive ketones (excluding diaryl/α,β-unsaturated/α-hetero) is 1. The molecule has 1 aromatic heterocycles. The molecule has 0 unspecified atom stereocenters. The van der Waals surface area contributed by atoms with Crippen LogP contribution in [0.1, 0.15) is 16.1 Å². The Balaban J connectivity index is 2.09. The summed E-state index contributed by atoms with van der Waals surface area (Å²) in [4.78, 5) is 11.7. The van der Waals surface area contributed by atoms with Crippen molar-refractivity contribution in [1.29, 1.82) is 0 Å². The van der Waals surface area contributed by atoms with Gasteiger partial charge in [-0.1, -0.05) is 12.1 Å². The first-order valence-corrected chi connectivity index (χ1v) is 5.65. The van der Waals surface area contributed by atoms with Crippen LogP contribution in [0.2, 0.25) is 0 Å².